The van der Waals surface area contributed by atoms with Gasteiger partial charge in [-0.2, -0.15) is 0 Å². The lowest BCUT2D eigenvalue weighted by molar-refractivity contribution is -0.0247. The average Bonchev–Trinajstić information content (AvgIpc) is 3.38. The molecule has 0 aromatic carbocycles. The standard InChI is InChI=1S/C22H23F2N5O4/c1-31-22(2-3-32-11-22)18-5-12(20(23)24)4-16(27-18)15-8-29(13-9-33-10-13)17-7-26-19(6-14(15)17)28-21(25)30/h4-8,13,20H,2-3,9-11H2,1H3,(H3,25,26,28,30)/t22-/m0/s1. The van der Waals surface area contributed by atoms with Crippen LogP contribution in [0.4, 0.5) is 19.4 Å². The zero-order chi connectivity index (χ0) is 23.2. The maximum Gasteiger partial charge on any atom is 0.317 e. The van der Waals surface area contributed by atoms with Crippen molar-refractivity contribution in [3.63, 3.8) is 0 Å². The topological polar surface area (TPSA) is 114 Å². The molecular weight excluding hydrogens is 436 g/mol. The van der Waals surface area contributed by atoms with E-state index in [0.717, 1.165) is 5.52 Å². The highest BCUT2D eigenvalue weighted by molar-refractivity contribution is 5.98. The van der Waals surface area contributed by atoms with Crippen LogP contribution in [-0.2, 0) is 19.8 Å². The zero-order valence-corrected chi connectivity index (χ0v) is 17.9. The molecule has 2 fully saturated rings. The van der Waals surface area contributed by atoms with Crippen molar-refractivity contribution in [1.29, 1.82) is 0 Å². The molecule has 3 aromatic rings. The summed E-state index contributed by atoms with van der Waals surface area (Å²) in [4.78, 5) is 20.3. The van der Waals surface area contributed by atoms with Gasteiger partial charge in [-0.1, -0.05) is 0 Å². The number of hydrogen-bond donors (Lipinski definition) is 2. The van der Waals surface area contributed by atoms with E-state index in [9.17, 15) is 13.6 Å². The number of pyridine rings is 2. The number of urea groups is 1. The van der Waals surface area contributed by atoms with Gasteiger partial charge in [0.2, 0.25) is 0 Å². The average molecular weight is 459 g/mol. The number of aromatic nitrogens is 3. The minimum atomic E-state index is -2.69. The number of carbonyl (C=O) groups is 1. The molecule has 11 heteroatoms. The van der Waals surface area contributed by atoms with Crippen molar-refractivity contribution in [3.8, 4) is 11.3 Å². The van der Waals surface area contributed by atoms with Crippen LogP contribution in [0.15, 0.2) is 30.6 Å². The minimum Gasteiger partial charge on any atom is -0.378 e. The normalized spacial score (nSPS) is 21.0. The minimum absolute atomic E-state index is 0.0873. The SMILES string of the molecule is CO[C@@]1(c2cc(C(F)F)cc(-c3cn(C4COC4)c4cnc(NC(N)=O)cc34)n2)CCOC1. The monoisotopic (exact) mass is 459 g/mol. The third-order valence-corrected chi connectivity index (χ3v) is 6.20. The number of anilines is 1. The third-order valence-electron chi connectivity index (χ3n) is 6.20. The van der Waals surface area contributed by atoms with Gasteiger partial charge in [0.05, 0.1) is 49.0 Å². The van der Waals surface area contributed by atoms with Crippen molar-refractivity contribution in [2.24, 2.45) is 5.73 Å². The molecule has 174 valence electrons. The maximum absolute atomic E-state index is 13.9. The van der Waals surface area contributed by atoms with E-state index in [0.29, 0.717) is 48.6 Å². The predicted octanol–water partition coefficient (Wildman–Crippen LogP) is 3.36. The van der Waals surface area contributed by atoms with Crippen molar-refractivity contribution in [2.75, 3.05) is 38.9 Å². The molecule has 2 saturated heterocycles. The van der Waals surface area contributed by atoms with Gasteiger partial charge in [0.15, 0.2) is 0 Å². The van der Waals surface area contributed by atoms with E-state index in [1.165, 1.54) is 19.2 Å². The third kappa shape index (κ3) is 3.81. The largest absolute Gasteiger partial charge is 0.378 e. The van der Waals surface area contributed by atoms with Gasteiger partial charge in [0.1, 0.15) is 11.4 Å². The fraction of sp³-hybridized carbons (Fsp3) is 0.409. The van der Waals surface area contributed by atoms with Gasteiger partial charge in [-0.05, 0) is 18.2 Å². The van der Waals surface area contributed by atoms with Crippen LogP contribution in [0, 0.1) is 0 Å². The molecule has 0 saturated carbocycles. The first-order chi connectivity index (χ1) is 15.9. The second-order valence-corrected chi connectivity index (χ2v) is 8.19. The number of amides is 2. The van der Waals surface area contributed by atoms with Crippen molar-refractivity contribution < 1.29 is 27.8 Å². The van der Waals surface area contributed by atoms with E-state index in [4.69, 9.17) is 24.9 Å². The Morgan fingerprint density at radius 1 is 1.33 bits per heavy atom. The summed E-state index contributed by atoms with van der Waals surface area (Å²) in [6, 6.07) is 3.76. The van der Waals surface area contributed by atoms with Crippen molar-refractivity contribution in [1.82, 2.24) is 14.5 Å². The number of carbonyl (C=O) groups excluding carboxylic acids is 1. The van der Waals surface area contributed by atoms with E-state index in [1.54, 1.807) is 12.3 Å². The number of hydrogen-bond acceptors (Lipinski definition) is 6. The van der Waals surface area contributed by atoms with Crippen LogP contribution in [-0.4, -0.2) is 54.1 Å². The summed E-state index contributed by atoms with van der Waals surface area (Å²) in [6.45, 7) is 1.76. The molecule has 5 heterocycles. The first-order valence-electron chi connectivity index (χ1n) is 10.5. The Morgan fingerprint density at radius 2 is 2.15 bits per heavy atom. The molecule has 5 rings (SSSR count). The number of methoxy groups -OCH3 is 1. The molecule has 2 aliphatic rings. The Labute approximate surface area is 187 Å². The van der Waals surface area contributed by atoms with Crippen LogP contribution in [0.3, 0.4) is 0 Å². The van der Waals surface area contributed by atoms with Gasteiger partial charge in [0.25, 0.3) is 6.43 Å². The fourth-order valence-electron chi connectivity index (χ4n) is 4.30. The lowest BCUT2D eigenvalue weighted by atomic mass is 9.95. The second-order valence-electron chi connectivity index (χ2n) is 8.19. The highest BCUT2D eigenvalue weighted by Crippen LogP contribution is 2.39. The summed E-state index contributed by atoms with van der Waals surface area (Å²) in [5.74, 6) is 0.252. The van der Waals surface area contributed by atoms with Gasteiger partial charge in [-0.15, -0.1) is 0 Å². The van der Waals surface area contributed by atoms with Gasteiger partial charge in [-0.3, -0.25) is 5.32 Å². The number of fused-ring (bicyclic) bond motifs is 1. The van der Waals surface area contributed by atoms with Crippen molar-refractivity contribution in [3.05, 3.63) is 41.9 Å². The molecule has 3 N–H and O–H groups in total. The molecule has 33 heavy (non-hydrogen) atoms. The first-order valence-corrected chi connectivity index (χ1v) is 10.5. The Morgan fingerprint density at radius 3 is 2.76 bits per heavy atom. The molecule has 0 aliphatic carbocycles. The molecule has 0 unspecified atom stereocenters. The van der Waals surface area contributed by atoms with Gasteiger partial charge >= 0.3 is 6.03 Å². The summed E-state index contributed by atoms with van der Waals surface area (Å²) >= 11 is 0. The number of primary amides is 1. The molecule has 9 nitrogen and oxygen atoms in total. The number of halogens is 2. The number of rotatable bonds is 6. The Balaban J connectivity index is 1.71. The second kappa shape index (κ2) is 8.32. The van der Waals surface area contributed by atoms with Crippen LogP contribution >= 0.6 is 0 Å². The Bertz CT molecular complexity index is 1200. The van der Waals surface area contributed by atoms with Crippen LogP contribution < -0.4 is 11.1 Å². The summed E-state index contributed by atoms with van der Waals surface area (Å²) in [7, 11) is 1.53. The molecule has 0 radical (unpaired) electrons. The molecule has 1 atom stereocenters. The van der Waals surface area contributed by atoms with Crippen LogP contribution in [0.25, 0.3) is 22.2 Å². The van der Waals surface area contributed by atoms with Crippen molar-refractivity contribution >= 4 is 22.8 Å². The van der Waals surface area contributed by atoms with E-state index < -0.39 is 18.1 Å². The Hall–Kier alpha value is -3.15. The molecule has 2 aliphatic heterocycles. The number of ether oxygens (including phenoxy) is 3. The number of nitrogens with two attached hydrogens (primary N) is 1. The van der Waals surface area contributed by atoms with E-state index >= 15 is 0 Å². The van der Waals surface area contributed by atoms with Gasteiger partial charge in [-0.25, -0.2) is 23.5 Å². The number of alkyl halides is 2. The summed E-state index contributed by atoms with van der Waals surface area (Å²) in [6.07, 6.45) is 1.30. The summed E-state index contributed by atoms with van der Waals surface area (Å²) < 4.78 is 46.3. The molecule has 0 spiro atoms. The van der Waals surface area contributed by atoms with Gasteiger partial charge < -0.3 is 24.5 Å². The quantitative estimate of drug-likeness (QED) is 0.584. The highest BCUT2D eigenvalue weighted by atomic mass is 19.3. The fourth-order valence-corrected chi connectivity index (χ4v) is 4.30. The zero-order valence-electron chi connectivity index (χ0n) is 17.9. The van der Waals surface area contributed by atoms with Crippen molar-refractivity contribution in [2.45, 2.75) is 24.5 Å². The van der Waals surface area contributed by atoms with Crippen LogP contribution in [0.2, 0.25) is 0 Å². The number of nitrogens with one attached hydrogen (secondary N) is 1. The van der Waals surface area contributed by atoms with Crippen LogP contribution in [0.5, 0.6) is 0 Å². The van der Waals surface area contributed by atoms with E-state index in [1.807, 2.05) is 10.8 Å². The van der Waals surface area contributed by atoms with Crippen LogP contribution in [0.1, 0.15) is 30.1 Å². The van der Waals surface area contributed by atoms with Gasteiger partial charge in [0, 0.05) is 42.8 Å². The molecule has 2 amide bonds. The number of nitrogens with zero attached hydrogens (tertiary/aromatic N) is 3. The molecule has 3 aromatic heterocycles. The Kier molecular flexibility index (Phi) is 5.47. The lowest BCUT2D eigenvalue weighted by Gasteiger charge is -2.28. The summed E-state index contributed by atoms with van der Waals surface area (Å²) in [5, 5.41) is 3.15. The highest BCUT2D eigenvalue weighted by Gasteiger charge is 2.39. The lowest BCUT2D eigenvalue weighted by Crippen LogP contribution is -2.30. The maximum atomic E-state index is 13.9. The summed E-state index contributed by atoms with van der Waals surface area (Å²) in [5.41, 5.74) is 6.35. The predicted molar refractivity (Wildman–Crippen MR) is 115 cm³/mol. The van der Waals surface area contributed by atoms with E-state index in [-0.39, 0.29) is 24.0 Å². The first kappa shape index (κ1) is 21.7. The van der Waals surface area contributed by atoms with E-state index in [2.05, 4.69) is 10.3 Å². The smallest absolute Gasteiger partial charge is 0.317 e. The molecular formula is C22H23F2N5O4. The molecule has 0 bridgehead atoms.